The first-order valence-electron chi connectivity index (χ1n) is 46.2. The van der Waals surface area contributed by atoms with E-state index in [2.05, 4.69) is 51.5 Å². The number of benzene rings is 2. The van der Waals surface area contributed by atoms with Gasteiger partial charge in [-0.25, -0.2) is 4.99 Å². The molecular weight excluding hydrogens is 1350 g/mol. The molecule has 0 amide bonds. The minimum atomic E-state index is -4.77. The molecule has 10 nitrogen and oxygen atoms in total. The smallest absolute Gasteiger partial charge is 0.626 e. The molecule has 0 spiro atoms. The quantitative estimate of drug-likeness (QED) is 0.0426. The van der Waals surface area contributed by atoms with Gasteiger partial charge in [-0.3, -0.25) is 0 Å². The zero-order valence-electron chi connectivity index (χ0n) is 70.5. The molecule has 2 aliphatic rings. The van der Waals surface area contributed by atoms with E-state index in [1.165, 1.54) is 308 Å². The number of nitrogens with one attached hydrogen (secondary N) is 2. The molecule has 0 aliphatic carbocycles. The van der Waals surface area contributed by atoms with Gasteiger partial charge >= 0.3 is 7.11 Å². The molecule has 2 aliphatic heterocycles. The monoisotopic (exact) mass is 1510 g/mol. The Kier molecular flexibility index (Phi) is 55.0. The van der Waals surface area contributed by atoms with Gasteiger partial charge < -0.3 is 51.3 Å². The third kappa shape index (κ3) is 43.1. The molecule has 0 bridgehead atoms. The number of allylic oxidation sites excluding steroid dienone is 3. The SMILES string of the molecule is CCCCCCCCCCCCOc1cc(C2=[NH+]/C(=C3/C=C(c4ccc(-c5cc(OCCCCCCCCCCCC)c(OCCCCCCCCCCCC)c(OCCCCCCCCCCCC)c5)[nH]4)O[B-](F)(F)O3)C=C2)cc(OCCCCCCCCCCCC)c1OCCCCCCCCCCCC. The van der Waals surface area contributed by atoms with Crippen LogP contribution in [0.1, 0.15) is 438 Å². The van der Waals surface area contributed by atoms with Crippen LogP contribution in [0.25, 0.3) is 17.0 Å². The Morgan fingerprint density at radius 2 is 0.546 bits per heavy atom. The fourth-order valence-electron chi connectivity index (χ4n) is 15.0. The highest BCUT2D eigenvalue weighted by atomic mass is 19.3. The number of aromatic amines is 1. The van der Waals surface area contributed by atoms with Crippen molar-refractivity contribution in [1.82, 2.24) is 4.98 Å². The Balaban J connectivity index is 1.43. The summed E-state index contributed by atoms with van der Waals surface area (Å²) in [6.45, 7) is 17.0. The lowest BCUT2D eigenvalue weighted by Crippen LogP contribution is -2.68. The second-order valence-electron chi connectivity index (χ2n) is 32.0. The first kappa shape index (κ1) is 93.5. The normalized spacial score (nSPS) is 14.0. The van der Waals surface area contributed by atoms with E-state index in [1.54, 1.807) is 18.2 Å². The number of unbranched alkanes of at least 4 members (excludes halogenated alkanes) is 54. The van der Waals surface area contributed by atoms with E-state index in [1.807, 2.05) is 36.4 Å². The molecular formula is C95H161BF2N2O8. The lowest BCUT2D eigenvalue weighted by Gasteiger charge is -2.33. The van der Waals surface area contributed by atoms with Crippen LogP contribution in [0.3, 0.4) is 0 Å². The molecule has 0 atom stereocenters. The fraction of sp³-hybridized carbons (Fsp3) is 0.758. The summed E-state index contributed by atoms with van der Waals surface area (Å²) in [5.74, 6) is 3.82. The summed E-state index contributed by atoms with van der Waals surface area (Å²) < 4.78 is 83.9. The van der Waals surface area contributed by atoms with Crippen molar-refractivity contribution in [2.24, 2.45) is 0 Å². The second kappa shape index (κ2) is 63.4. The maximum absolute atomic E-state index is 16.2. The fourth-order valence-corrected chi connectivity index (χ4v) is 15.0. The van der Waals surface area contributed by atoms with Crippen molar-refractivity contribution in [3.8, 4) is 45.8 Å². The molecule has 616 valence electrons. The average Bonchev–Trinajstić information content (AvgIpc) is 1.56. The lowest BCUT2D eigenvalue weighted by atomic mass is 10.1. The maximum atomic E-state index is 16.2. The van der Waals surface area contributed by atoms with Crippen molar-refractivity contribution in [3.05, 3.63) is 77.3 Å². The van der Waals surface area contributed by atoms with Crippen LogP contribution in [0.5, 0.6) is 34.5 Å². The van der Waals surface area contributed by atoms with Crippen LogP contribution in [-0.2, 0) is 9.31 Å². The predicted octanol–water partition coefficient (Wildman–Crippen LogP) is 29.6. The van der Waals surface area contributed by atoms with Crippen LogP contribution in [0.2, 0.25) is 0 Å². The molecule has 2 N–H and O–H groups in total. The summed E-state index contributed by atoms with van der Waals surface area (Å²) in [4.78, 5) is 6.96. The summed E-state index contributed by atoms with van der Waals surface area (Å²) >= 11 is 0. The van der Waals surface area contributed by atoms with Gasteiger partial charge in [0.05, 0.1) is 50.9 Å². The molecule has 13 heteroatoms. The molecule has 5 rings (SSSR count). The third-order valence-electron chi connectivity index (χ3n) is 21.9. The topological polar surface area (TPSA) is 104 Å². The summed E-state index contributed by atoms with van der Waals surface area (Å²) in [6.07, 6.45) is 79.7. The van der Waals surface area contributed by atoms with E-state index in [4.69, 9.17) is 37.7 Å². The number of hydrogen-bond acceptors (Lipinski definition) is 8. The third-order valence-corrected chi connectivity index (χ3v) is 21.9. The van der Waals surface area contributed by atoms with Gasteiger partial charge in [-0.05, 0) is 74.9 Å². The first-order chi connectivity index (χ1) is 53.2. The van der Waals surface area contributed by atoms with Crippen molar-refractivity contribution >= 4 is 18.6 Å². The number of halogens is 2. The molecule has 1 aromatic heterocycles. The molecule has 0 saturated carbocycles. The summed E-state index contributed by atoms with van der Waals surface area (Å²) in [7, 11) is -4.77. The number of ether oxygens (including phenoxy) is 6. The van der Waals surface area contributed by atoms with Crippen LogP contribution < -0.4 is 33.4 Å². The average molecular weight is 1510 g/mol. The summed E-state index contributed by atoms with van der Waals surface area (Å²) in [6, 6.07) is 11.8. The van der Waals surface area contributed by atoms with Crippen molar-refractivity contribution in [2.45, 2.75) is 427 Å². The van der Waals surface area contributed by atoms with Crippen molar-refractivity contribution in [1.29, 1.82) is 0 Å². The van der Waals surface area contributed by atoms with E-state index >= 15 is 8.63 Å². The number of hydrogen-bond donors (Lipinski definition) is 2. The first-order valence-corrected chi connectivity index (χ1v) is 46.2. The molecule has 108 heavy (non-hydrogen) atoms. The highest BCUT2D eigenvalue weighted by Crippen LogP contribution is 2.44. The van der Waals surface area contributed by atoms with Crippen LogP contribution >= 0.6 is 0 Å². The highest BCUT2D eigenvalue weighted by molar-refractivity contribution is 6.53. The Morgan fingerprint density at radius 1 is 0.296 bits per heavy atom. The van der Waals surface area contributed by atoms with Gasteiger partial charge in [0.1, 0.15) is 5.76 Å². The van der Waals surface area contributed by atoms with Crippen LogP contribution in [0.4, 0.5) is 8.63 Å². The van der Waals surface area contributed by atoms with Crippen molar-refractivity contribution < 1.29 is 51.4 Å². The van der Waals surface area contributed by atoms with Crippen LogP contribution in [-0.4, -0.2) is 57.4 Å². The van der Waals surface area contributed by atoms with Gasteiger partial charge in [0.25, 0.3) is 0 Å². The van der Waals surface area contributed by atoms with E-state index in [9.17, 15) is 0 Å². The Labute approximate surface area is 660 Å². The summed E-state index contributed by atoms with van der Waals surface area (Å²) in [5.41, 5.74) is 3.82. The van der Waals surface area contributed by atoms with Crippen LogP contribution in [0, 0.1) is 0 Å². The van der Waals surface area contributed by atoms with Gasteiger partial charge in [0.2, 0.25) is 22.9 Å². The summed E-state index contributed by atoms with van der Waals surface area (Å²) in [5, 5.41) is 0. The van der Waals surface area contributed by atoms with E-state index < -0.39 is 7.11 Å². The molecule has 0 radical (unpaired) electrons. The van der Waals surface area contributed by atoms with Gasteiger partial charge in [0.15, 0.2) is 28.8 Å². The van der Waals surface area contributed by atoms with Gasteiger partial charge in [-0.2, -0.15) is 0 Å². The minimum absolute atomic E-state index is 0.0239. The zero-order valence-corrected chi connectivity index (χ0v) is 70.5. The second-order valence-corrected chi connectivity index (χ2v) is 32.0. The Morgan fingerprint density at radius 3 is 0.833 bits per heavy atom. The minimum Gasteiger partial charge on any atom is -0.626 e. The molecule has 3 aromatic rings. The largest absolute Gasteiger partial charge is 0.726 e. The van der Waals surface area contributed by atoms with Crippen molar-refractivity contribution in [2.75, 3.05) is 39.6 Å². The van der Waals surface area contributed by atoms with E-state index in [0.717, 1.165) is 88.2 Å². The Hall–Kier alpha value is -5.07. The van der Waals surface area contributed by atoms with Gasteiger partial charge in [-0.15, -0.1) is 0 Å². The van der Waals surface area contributed by atoms with Crippen LogP contribution in [0.15, 0.2) is 66.1 Å². The van der Waals surface area contributed by atoms with E-state index in [-0.39, 0.29) is 11.5 Å². The highest BCUT2D eigenvalue weighted by Gasteiger charge is 2.40. The number of rotatable bonds is 75. The molecule has 0 saturated heterocycles. The van der Waals surface area contributed by atoms with Crippen molar-refractivity contribution in [3.63, 3.8) is 0 Å². The van der Waals surface area contributed by atoms with Gasteiger partial charge in [-0.1, -0.05) is 388 Å². The standard InChI is InChI=1S/C95H160BF2N2O8/c1-7-13-19-25-31-37-43-49-55-61-71-101-90-77-82(78-91(102-72-62-56-50-44-38-32-26-20-14-8-2)94(90)105-75-65-59-53-47-41-35-29-23-17-11-5)84-67-69-86(99-84)88-81-89(108-96(97,98)107-88)87-70-68-85(100-87)83-79-92(103-73-63-57-51-45-39-33-27-21-15-9-3)95(106-76-66-60-54-48-42-36-30-24-18-12-6)93(80-83)104-74-64-58-52-46-40-34-28-22-16-10-4/h67-70,77-81,99H,7-66,71-76H2,1-6H3/q-1/p+1/b89-87-. The molecule has 0 unspecified atom stereocenters. The Bertz CT molecular complexity index is 2720. The lowest BCUT2D eigenvalue weighted by molar-refractivity contribution is -0.388. The molecule has 0 fully saturated rings. The zero-order chi connectivity index (χ0) is 76.7. The molecule has 3 heterocycles. The maximum Gasteiger partial charge on any atom is 0.726 e. The number of aromatic nitrogens is 1. The van der Waals surface area contributed by atoms with E-state index in [0.29, 0.717) is 96.9 Å². The number of H-pyrrole nitrogens is 1. The predicted molar refractivity (Wildman–Crippen MR) is 456 cm³/mol. The molecule has 2 aromatic carbocycles. The van der Waals surface area contributed by atoms with Gasteiger partial charge in [0, 0.05) is 29.5 Å².